The molecule has 0 radical (unpaired) electrons. The van der Waals surface area contributed by atoms with Crippen LogP contribution in [0.15, 0.2) is 12.1 Å². The molecule has 1 rings (SSSR count). The van der Waals surface area contributed by atoms with Gasteiger partial charge in [-0.25, -0.2) is 0 Å². The van der Waals surface area contributed by atoms with Crippen molar-refractivity contribution in [1.29, 1.82) is 0 Å². The maximum absolute atomic E-state index is 11.4. The number of benzene rings is 1. The van der Waals surface area contributed by atoms with E-state index in [1.54, 1.807) is 0 Å². The van der Waals surface area contributed by atoms with Gasteiger partial charge < -0.3 is 15.8 Å². The molecule has 0 fully saturated rings. The average Bonchev–Trinajstić information content (AvgIpc) is 2.29. The number of ether oxygens (including phenoxy) is 1. The molecule has 0 spiro atoms. The standard InChI is InChI=1S/C13H20N2O2/c1-9-6-10(2)11(3)12(7-9)17-8-13(16)15-5-4-14/h6-7H,4-5,8,14H2,1-3H3,(H,15,16). The number of nitrogens with two attached hydrogens (primary N) is 1. The Balaban J connectivity index is 2.60. The highest BCUT2D eigenvalue weighted by Gasteiger charge is 2.06. The fourth-order valence-corrected chi connectivity index (χ4v) is 1.56. The van der Waals surface area contributed by atoms with Gasteiger partial charge in [0, 0.05) is 13.1 Å². The summed E-state index contributed by atoms with van der Waals surface area (Å²) in [5.74, 6) is 0.624. The first-order valence-corrected chi connectivity index (χ1v) is 5.72. The molecule has 0 aliphatic heterocycles. The summed E-state index contributed by atoms with van der Waals surface area (Å²) >= 11 is 0. The van der Waals surface area contributed by atoms with Crippen LogP contribution < -0.4 is 15.8 Å². The summed E-state index contributed by atoms with van der Waals surface area (Å²) < 4.78 is 5.50. The zero-order chi connectivity index (χ0) is 12.8. The van der Waals surface area contributed by atoms with Crippen molar-refractivity contribution >= 4 is 5.91 Å². The van der Waals surface area contributed by atoms with Crippen molar-refractivity contribution in [1.82, 2.24) is 5.32 Å². The van der Waals surface area contributed by atoms with E-state index in [2.05, 4.69) is 11.4 Å². The first-order chi connectivity index (χ1) is 8.04. The van der Waals surface area contributed by atoms with Crippen LogP contribution in [0, 0.1) is 20.8 Å². The zero-order valence-corrected chi connectivity index (χ0v) is 10.7. The number of amides is 1. The van der Waals surface area contributed by atoms with E-state index in [9.17, 15) is 4.79 Å². The highest BCUT2D eigenvalue weighted by atomic mass is 16.5. The predicted molar refractivity (Wildman–Crippen MR) is 68.2 cm³/mol. The molecule has 0 bridgehead atoms. The van der Waals surface area contributed by atoms with Crippen molar-refractivity contribution in [3.8, 4) is 5.75 Å². The molecule has 0 saturated heterocycles. The minimum absolute atomic E-state index is 0.0315. The van der Waals surface area contributed by atoms with Crippen molar-refractivity contribution in [3.05, 3.63) is 28.8 Å². The molecule has 3 N–H and O–H groups in total. The van der Waals surface area contributed by atoms with E-state index >= 15 is 0 Å². The van der Waals surface area contributed by atoms with Crippen LogP contribution in [0.5, 0.6) is 5.75 Å². The number of carbonyl (C=O) groups excluding carboxylic acids is 1. The molecule has 0 saturated carbocycles. The smallest absolute Gasteiger partial charge is 0.257 e. The maximum Gasteiger partial charge on any atom is 0.257 e. The number of aryl methyl sites for hydroxylation is 2. The molecule has 0 aliphatic rings. The van der Waals surface area contributed by atoms with Gasteiger partial charge in [-0.1, -0.05) is 6.07 Å². The van der Waals surface area contributed by atoms with Gasteiger partial charge in [-0.15, -0.1) is 0 Å². The molecule has 1 aromatic rings. The summed E-state index contributed by atoms with van der Waals surface area (Å²) in [6.45, 7) is 6.98. The molecule has 17 heavy (non-hydrogen) atoms. The molecule has 94 valence electrons. The van der Waals surface area contributed by atoms with Gasteiger partial charge in [0.25, 0.3) is 5.91 Å². The summed E-state index contributed by atoms with van der Waals surface area (Å²) in [6, 6.07) is 4.04. The third-order valence-electron chi connectivity index (χ3n) is 2.59. The third-order valence-corrected chi connectivity index (χ3v) is 2.59. The molecule has 0 unspecified atom stereocenters. The Kier molecular flexibility index (Phi) is 4.97. The van der Waals surface area contributed by atoms with E-state index in [1.165, 1.54) is 5.56 Å². The lowest BCUT2D eigenvalue weighted by Gasteiger charge is -2.12. The van der Waals surface area contributed by atoms with Crippen molar-refractivity contribution < 1.29 is 9.53 Å². The Morgan fingerprint density at radius 3 is 2.71 bits per heavy atom. The van der Waals surface area contributed by atoms with Crippen molar-refractivity contribution in [2.75, 3.05) is 19.7 Å². The van der Waals surface area contributed by atoms with Gasteiger partial charge in [-0.05, 0) is 43.5 Å². The fraction of sp³-hybridized carbons (Fsp3) is 0.462. The molecule has 4 nitrogen and oxygen atoms in total. The summed E-state index contributed by atoms with van der Waals surface area (Å²) in [5.41, 5.74) is 8.66. The quantitative estimate of drug-likeness (QED) is 0.803. The lowest BCUT2D eigenvalue weighted by Crippen LogP contribution is -2.33. The average molecular weight is 236 g/mol. The van der Waals surface area contributed by atoms with Crippen molar-refractivity contribution in [2.24, 2.45) is 5.73 Å². The minimum atomic E-state index is -0.144. The highest BCUT2D eigenvalue weighted by molar-refractivity contribution is 5.77. The van der Waals surface area contributed by atoms with Crippen LogP contribution in [0.4, 0.5) is 0 Å². The highest BCUT2D eigenvalue weighted by Crippen LogP contribution is 2.22. The molecule has 0 aliphatic carbocycles. The largest absolute Gasteiger partial charge is 0.483 e. The Hall–Kier alpha value is -1.55. The van der Waals surface area contributed by atoms with Gasteiger partial charge in [0.2, 0.25) is 0 Å². The van der Waals surface area contributed by atoms with E-state index < -0.39 is 0 Å². The summed E-state index contributed by atoms with van der Waals surface area (Å²) in [6.07, 6.45) is 0. The summed E-state index contributed by atoms with van der Waals surface area (Å²) in [5, 5.41) is 2.66. The fourth-order valence-electron chi connectivity index (χ4n) is 1.56. The van der Waals surface area contributed by atoms with Crippen LogP contribution in [0.3, 0.4) is 0 Å². The first-order valence-electron chi connectivity index (χ1n) is 5.72. The summed E-state index contributed by atoms with van der Waals surface area (Å²) in [4.78, 5) is 11.4. The lowest BCUT2D eigenvalue weighted by atomic mass is 10.1. The minimum Gasteiger partial charge on any atom is -0.483 e. The second kappa shape index (κ2) is 6.25. The van der Waals surface area contributed by atoms with Gasteiger partial charge in [0.15, 0.2) is 6.61 Å². The molecule has 4 heteroatoms. The van der Waals surface area contributed by atoms with Gasteiger partial charge in [-0.3, -0.25) is 4.79 Å². The van der Waals surface area contributed by atoms with E-state index in [4.69, 9.17) is 10.5 Å². The third kappa shape index (κ3) is 4.07. The van der Waals surface area contributed by atoms with Crippen LogP contribution in [-0.4, -0.2) is 25.6 Å². The topological polar surface area (TPSA) is 64.3 Å². The number of rotatable bonds is 5. The number of hydrogen-bond donors (Lipinski definition) is 2. The van der Waals surface area contributed by atoms with Crippen LogP contribution in [0.1, 0.15) is 16.7 Å². The zero-order valence-electron chi connectivity index (χ0n) is 10.7. The number of carbonyl (C=O) groups is 1. The van der Waals surface area contributed by atoms with Gasteiger partial charge >= 0.3 is 0 Å². The van der Waals surface area contributed by atoms with E-state index in [0.29, 0.717) is 13.1 Å². The Bertz CT molecular complexity index is 403. The number of hydrogen-bond acceptors (Lipinski definition) is 3. The van der Waals surface area contributed by atoms with Crippen molar-refractivity contribution in [2.45, 2.75) is 20.8 Å². The van der Waals surface area contributed by atoms with E-state index in [-0.39, 0.29) is 12.5 Å². The van der Waals surface area contributed by atoms with Crippen LogP contribution in [-0.2, 0) is 4.79 Å². The van der Waals surface area contributed by atoms with Crippen LogP contribution in [0.25, 0.3) is 0 Å². The maximum atomic E-state index is 11.4. The molecular formula is C13H20N2O2. The second-order valence-electron chi connectivity index (χ2n) is 4.13. The number of nitrogens with one attached hydrogen (secondary N) is 1. The van der Waals surface area contributed by atoms with Crippen molar-refractivity contribution in [3.63, 3.8) is 0 Å². The molecule has 0 heterocycles. The normalized spacial score (nSPS) is 10.1. The summed E-state index contributed by atoms with van der Waals surface area (Å²) in [7, 11) is 0. The Morgan fingerprint density at radius 2 is 2.06 bits per heavy atom. The Labute approximate surface area is 102 Å². The monoisotopic (exact) mass is 236 g/mol. The van der Waals surface area contributed by atoms with Gasteiger partial charge in [0.05, 0.1) is 0 Å². The van der Waals surface area contributed by atoms with Crippen LogP contribution >= 0.6 is 0 Å². The second-order valence-corrected chi connectivity index (χ2v) is 4.13. The van der Waals surface area contributed by atoms with Gasteiger partial charge in [0.1, 0.15) is 5.75 Å². The Morgan fingerprint density at radius 1 is 1.35 bits per heavy atom. The predicted octanol–water partition coefficient (Wildman–Crippen LogP) is 1.07. The molecular weight excluding hydrogens is 216 g/mol. The van der Waals surface area contributed by atoms with E-state index in [1.807, 2.05) is 26.8 Å². The first kappa shape index (κ1) is 13.5. The molecule has 1 amide bonds. The molecule has 0 atom stereocenters. The SMILES string of the molecule is Cc1cc(C)c(C)c(OCC(=O)NCCN)c1. The molecule has 1 aromatic carbocycles. The lowest BCUT2D eigenvalue weighted by molar-refractivity contribution is -0.123. The van der Waals surface area contributed by atoms with Gasteiger partial charge in [-0.2, -0.15) is 0 Å². The van der Waals surface area contributed by atoms with E-state index in [0.717, 1.165) is 16.9 Å². The van der Waals surface area contributed by atoms with Crippen LogP contribution in [0.2, 0.25) is 0 Å². The molecule has 0 aromatic heterocycles.